The van der Waals surface area contributed by atoms with Gasteiger partial charge in [-0.05, 0) is 64.2 Å². The molecule has 0 bridgehead atoms. The Morgan fingerprint density at radius 1 is 0.780 bits per heavy atom. The van der Waals surface area contributed by atoms with Gasteiger partial charge in [-0.2, -0.15) is 0 Å². The standard InChI is InChI=1S/C45H80NO12P/c1-3-5-7-8-9-10-11-12-13-14-15-16-17-18-19-20-25-29-43(49)54-36-39(37-56-59(52,53)55-34-33-46)57-44(50)30-26-22-21-24-28-40-41(48)35-45(51)58-42(40)32-31-38(47)27-23-6-4-2/h9-10,12-13,21,24,31-32,38-42,45,47-48,51H,3-8,11,14-20,22-23,25-30,33-37,46H2,1-2H3,(H,52,53)/b10-9-,13-12-,24-21-,32-31+/t38-,39+,40-,41-,42+,45?/m0/s1. The van der Waals surface area contributed by atoms with Crippen molar-refractivity contribution < 1.29 is 57.6 Å². The van der Waals surface area contributed by atoms with E-state index in [9.17, 15) is 34.4 Å². The lowest BCUT2D eigenvalue weighted by Gasteiger charge is -2.36. The Bertz CT molecular complexity index is 1230. The van der Waals surface area contributed by atoms with Crippen LogP contribution in [0.4, 0.5) is 0 Å². The molecule has 1 aliphatic heterocycles. The van der Waals surface area contributed by atoms with Crippen LogP contribution in [-0.4, -0.2) is 89.2 Å². The van der Waals surface area contributed by atoms with E-state index in [0.717, 1.165) is 51.4 Å². The molecule has 1 saturated heterocycles. The number of rotatable bonds is 37. The average Bonchev–Trinajstić information content (AvgIpc) is 3.20. The topological polar surface area (TPSA) is 204 Å². The molecular weight excluding hydrogens is 777 g/mol. The maximum absolute atomic E-state index is 12.7. The van der Waals surface area contributed by atoms with Crippen LogP contribution >= 0.6 is 7.82 Å². The number of hydrogen-bond acceptors (Lipinski definition) is 12. The molecule has 0 amide bonds. The van der Waals surface area contributed by atoms with Crippen LogP contribution < -0.4 is 5.73 Å². The molecule has 0 radical (unpaired) electrons. The monoisotopic (exact) mass is 858 g/mol. The van der Waals surface area contributed by atoms with Crippen LogP contribution in [0, 0.1) is 5.92 Å². The fourth-order valence-electron chi connectivity index (χ4n) is 6.53. The van der Waals surface area contributed by atoms with Crippen molar-refractivity contribution in [1.29, 1.82) is 0 Å². The number of unbranched alkanes of at least 4 members (excludes halogenated alkanes) is 13. The second-order valence-corrected chi connectivity index (χ2v) is 16.9. The Morgan fingerprint density at radius 2 is 1.39 bits per heavy atom. The highest BCUT2D eigenvalue weighted by atomic mass is 31.2. The molecule has 342 valence electrons. The summed E-state index contributed by atoms with van der Waals surface area (Å²) in [6, 6.07) is 0. The third-order valence-corrected chi connectivity index (χ3v) is 11.0. The Balaban J connectivity index is 2.43. The lowest BCUT2D eigenvalue weighted by atomic mass is 9.87. The van der Waals surface area contributed by atoms with Gasteiger partial charge in [0, 0.05) is 31.7 Å². The van der Waals surface area contributed by atoms with Crippen molar-refractivity contribution in [3.05, 3.63) is 48.6 Å². The Labute approximate surface area is 355 Å². The molecule has 59 heavy (non-hydrogen) atoms. The summed E-state index contributed by atoms with van der Waals surface area (Å²) in [4.78, 5) is 35.1. The van der Waals surface area contributed by atoms with Crippen LogP contribution in [0.1, 0.15) is 162 Å². The quantitative estimate of drug-likeness (QED) is 0.0172. The van der Waals surface area contributed by atoms with Gasteiger partial charge in [-0.1, -0.05) is 127 Å². The molecule has 13 nitrogen and oxygen atoms in total. The van der Waals surface area contributed by atoms with E-state index in [2.05, 4.69) is 38.2 Å². The molecule has 1 aliphatic rings. The Kier molecular flexibility index (Phi) is 33.9. The summed E-state index contributed by atoms with van der Waals surface area (Å²) in [6.45, 7) is 3.27. The fourth-order valence-corrected chi connectivity index (χ4v) is 7.29. The maximum Gasteiger partial charge on any atom is 0.472 e. The molecule has 0 aromatic heterocycles. The van der Waals surface area contributed by atoms with Crippen LogP contribution in [0.2, 0.25) is 0 Å². The molecule has 2 unspecified atom stereocenters. The van der Waals surface area contributed by atoms with Gasteiger partial charge < -0.3 is 40.2 Å². The summed E-state index contributed by atoms with van der Waals surface area (Å²) in [5.74, 6) is -1.36. The van der Waals surface area contributed by atoms with Gasteiger partial charge in [-0.3, -0.25) is 18.6 Å². The number of esters is 2. The van der Waals surface area contributed by atoms with E-state index in [1.807, 2.05) is 12.2 Å². The largest absolute Gasteiger partial charge is 0.472 e. The zero-order valence-corrected chi connectivity index (χ0v) is 37.1. The van der Waals surface area contributed by atoms with Crippen molar-refractivity contribution in [2.24, 2.45) is 11.7 Å². The van der Waals surface area contributed by atoms with Gasteiger partial charge in [0.05, 0.1) is 31.5 Å². The second-order valence-electron chi connectivity index (χ2n) is 15.4. The first-order valence-corrected chi connectivity index (χ1v) is 24.0. The molecule has 0 aromatic rings. The maximum atomic E-state index is 12.7. The van der Waals surface area contributed by atoms with Gasteiger partial charge >= 0.3 is 19.8 Å². The number of phosphoric acid groups is 1. The molecule has 0 spiro atoms. The van der Waals surface area contributed by atoms with Crippen molar-refractivity contribution in [1.82, 2.24) is 0 Å². The number of aliphatic hydroxyl groups is 3. The molecule has 1 rings (SSSR count). The number of phosphoric ester groups is 1. The molecule has 0 saturated carbocycles. The highest BCUT2D eigenvalue weighted by Crippen LogP contribution is 2.43. The predicted molar refractivity (Wildman–Crippen MR) is 232 cm³/mol. The van der Waals surface area contributed by atoms with E-state index in [-0.39, 0.29) is 44.9 Å². The minimum absolute atomic E-state index is 0.00660. The molecular formula is C45H80NO12P. The number of allylic oxidation sites excluding steroid dienone is 6. The van der Waals surface area contributed by atoms with Crippen LogP contribution in [0.3, 0.4) is 0 Å². The summed E-state index contributed by atoms with van der Waals surface area (Å²) in [5, 5.41) is 31.0. The first-order valence-electron chi connectivity index (χ1n) is 22.5. The number of aliphatic hydroxyl groups excluding tert-OH is 3. The number of carbonyl (C=O) groups excluding carboxylic acids is 2. The first kappa shape index (κ1) is 54.8. The highest BCUT2D eigenvalue weighted by molar-refractivity contribution is 7.47. The molecule has 1 fully saturated rings. The van der Waals surface area contributed by atoms with Gasteiger partial charge in [0.25, 0.3) is 0 Å². The number of hydrogen-bond donors (Lipinski definition) is 5. The minimum Gasteiger partial charge on any atom is -0.462 e. The SMILES string of the molecule is CCCCC/C=C\C/C=C\CCCCCCCCCC(=O)OC[C@H](COP(=O)(O)OCCN)OC(=O)CCC/C=C\C[C@H]1[C@@H](O)CC(O)O[C@@H]1/C=C/[C@@H](O)CCCCC. The lowest BCUT2D eigenvalue weighted by molar-refractivity contribution is -0.199. The van der Waals surface area contributed by atoms with E-state index in [1.165, 1.54) is 44.9 Å². The summed E-state index contributed by atoms with van der Waals surface area (Å²) in [6.07, 6.45) is 31.8. The lowest BCUT2D eigenvalue weighted by Crippen LogP contribution is -2.43. The van der Waals surface area contributed by atoms with Crippen molar-refractivity contribution in [2.45, 2.75) is 192 Å². The zero-order chi connectivity index (χ0) is 43.4. The highest BCUT2D eigenvalue weighted by Gasteiger charge is 2.35. The third kappa shape index (κ3) is 31.3. The number of carbonyl (C=O) groups is 2. The van der Waals surface area contributed by atoms with Crippen LogP contribution in [0.25, 0.3) is 0 Å². The first-order chi connectivity index (χ1) is 28.5. The van der Waals surface area contributed by atoms with Gasteiger partial charge in [0.2, 0.25) is 0 Å². The molecule has 0 aliphatic carbocycles. The number of ether oxygens (including phenoxy) is 3. The Hall–Kier alpha value is -2.19. The van der Waals surface area contributed by atoms with Gasteiger partial charge in [-0.25, -0.2) is 4.57 Å². The zero-order valence-electron chi connectivity index (χ0n) is 36.3. The van der Waals surface area contributed by atoms with Crippen LogP contribution in [-0.2, 0) is 37.4 Å². The molecule has 6 N–H and O–H groups in total. The summed E-state index contributed by atoms with van der Waals surface area (Å²) < 4.78 is 38.4. The van der Waals surface area contributed by atoms with Gasteiger partial charge in [-0.15, -0.1) is 0 Å². The second kappa shape index (κ2) is 36.5. The van der Waals surface area contributed by atoms with E-state index in [1.54, 1.807) is 12.2 Å². The van der Waals surface area contributed by atoms with Crippen molar-refractivity contribution in [3.63, 3.8) is 0 Å². The summed E-state index contributed by atoms with van der Waals surface area (Å²) in [7, 11) is -4.46. The Morgan fingerprint density at radius 3 is 2.08 bits per heavy atom. The fraction of sp³-hybridized carbons (Fsp3) is 0.778. The number of nitrogens with two attached hydrogens (primary N) is 1. The third-order valence-electron chi connectivity index (χ3n) is 9.98. The molecule has 1 heterocycles. The summed E-state index contributed by atoms with van der Waals surface area (Å²) in [5.41, 5.74) is 5.35. The van der Waals surface area contributed by atoms with Crippen molar-refractivity contribution in [3.8, 4) is 0 Å². The van der Waals surface area contributed by atoms with E-state index >= 15 is 0 Å². The average molecular weight is 858 g/mol. The van der Waals surface area contributed by atoms with Crippen LogP contribution in [0.15, 0.2) is 48.6 Å². The van der Waals surface area contributed by atoms with Gasteiger partial charge in [0.15, 0.2) is 12.4 Å². The smallest absolute Gasteiger partial charge is 0.462 e. The van der Waals surface area contributed by atoms with Crippen molar-refractivity contribution in [2.75, 3.05) is 26.4 Å². The predicted octanol–water partition coefficient (Wildman–Crippen LogP) is 8.83. The summed E-state index contributed by atoms with van der Waals surface area (Å²) >= 11 is 0. The molecule has 7 atom stereocenters. The van der Waals surface area contributed by atoms with E-state index in [0.29, 0.717) is 32.1 Å². The van der Waals surface area contributed by atoms with E-state index < -0.39 is 57.1 Å². The molecule has 14 heteroatoms. The normalized spacial score (nSPS) is 20.8. The van der Waals surface area contributed by atoms with Crippen LogP contribution in [0.5, 0.6) is 0 Å². The molecule has 0 aromatic carbocycles. The minimum atomic E-state index is -4.46. The van der Waals surface area contributed by atoms with Gasteiger partial charge in [0.1, 0.15) is 6.61 Å². The van der Waals surface area contributed by atoms with Crippen molar-refractivity contribution >= 4 is 19.8 Å². The van der Waals surface area contributed by atoms with E-state index in [4.69, 9.17) is 29.0 Å².